The van der Waals surface area contributed by atoms with Gasteiger partial charge in [-0.2, -0.15) is 0 Å². The first-order valence-corrected chi connectivity index (χ1v) is 7.40. The summed E-state index contributed by atoms with van der Waals surface area (Å²) < 4.78 is 13.0. The minimum atomic E-state index is -0.245. The monoisotopic (exact) mass is 278 g/mol. The van der Waals surface area contributed by atoms with Gasteiger partial charge >= 0.3 is 0 Å². The van der Waals surface area contributed by atoms with Crippen molar-refractivity contribution in [2.24, 2.45) is 0 Å². The third-order valence-corrected chi connectivity index (χ3v) is 3.89. The van der Waals surface area contributed by atoms with Crippen molar-refractivity contribution in [1.82, 2.24) is 10.2 Å². The van der Waals surface area contributed by atoms with Gasteiger partial charge in [0.25, 0.3) is 0 Å². The van der Waals surface area contributed by atoms with Gasteiger partial charge in [0.2, 0.25) is 5.91 Å². The van der Waals surface area contributed by atoms with Crippen LogP contribution in [-0.4, -0.2) is 36.5 Å². The highest BCUT2D eigenvalue weighted by atomic mass is 19.1. The maximum absolute atomic E-state index is 13.0. The summed E-state index contributed by atoms with van der Waals surface area (Å²) in [6, 6.07) is 6.83. The van der Waals surface area contributed by atoms with E-state index in [4.69, 9.17) is 0 Å². The van der Waals surface area contributed by atoms with E-state index in [1.807, 2.05) is 6.07 Å². The number of amides is 1. The highest BCUT2D eigenvalue weighted by molar-refractivity contribution is 5.76. The van der Waals surface area contributed by atoms with Crippen LogP contribution in [0.1, 0.15) is 31.7 Å². The molecular weight excluding hydrogens is 255 g/mol. The van der Waals surface area contributed by atoms with E-state index in [2.05, 4.69) is 17.1 Å². The minimum absolute atomic E-state index is 0.0420. The topological polar surface area (TPSA) is 32.3 Å². The Balaban J connectivity index is 1.67. The summed E-state index contributed by atoms with van der Waals surface area (Å²) in [7, 11) is 0. The van der Waals surface area contributed by atoms with Gasteiger partial charge in [0, 0.05) is 19.0 Å². The fourth-order valence-electron chi connectivity index (χ4n) is 2.61. The summed E-state index contributed by atoms with van der Waals surface area (Å²) >= 11 is 0. The van der Waals surface area contributed by atoms with Crippen LogP contribution in [0.25, 0.3) is 0 Å². The van der Waals surface area contributed by atoms with Crippen molar-refractivity contribution in [2.75, 3.05) is 19.6 Å². The molecule has 1 aromatic rings. The van der Waals surface area contributed by atoms with Crippen molar-refractivity contribution in [2.45, 2.75) is 38.6 Å². The number of hydrogen-bond donors (Lipinski definition) is 1. The lowest BCUT2D eigenvalue weighted by atomic mass is 10.1. The van der Waals surface area contributed by atoms with Crippen molar-refractivity contribution in [3.8, 4) is 0 Å². The Kier molecular flexibility index (Phi) is 5.53. The predicted molar refractivity (Wildman–Crippen MR) is 78.0 cm³/mol. The number of hydrogen-bond acceptors (Lipinski definition) is 2. The molecule has 1 amide bonds. The maximum atomic E-state index is 13.0. The Morgan fingerprint density at radius 1 is 1.40 bits per heavy atom. The third-order valence-electron chi connectivity index (χ3n) is 3.89. The van der Waals surface area contributed by atoms with Crippen molar-refractivity contribution in [1.29, 1.82) is 0 Å². The molecule has 1 fully saturated rings. The van der Waals surface area contributed by atoms with Crippen molar-refractivity contribution < 1.29 is 9.18 Å². The first-order valence-electron chi connectivity index (χ1n) is 7.40. The van der Waals surface area contributed by atoms with Gasteiger partial charge in [-0.25, -0.2) is 4.39 Å². The van der Waals surface area contributed by atoms with E-state index in [1.165, 1.54) is 25.0 Å². The molecule has 0 saturated carbocycles. The molecule has 3 nitrogen and oxygen atoms in total. The van der Waals surface area contributed by atoms with Crippen LogP contribution < -0.4 is 5.32 Å². The van der Waals surface area contributed by atoms with Crippen LogP contribution >= 0.6 is 0 Å². The molecule has 1 aliphatic heterocycles. The van der Waals surface area contributed by atoms with Crippen molar-refractivity contribution in [3.05, 3.63) is 35.6 Å². The van der Waals surface area contributed by atoms with Crippen LogP contribution in [-0.2, 0) is 11.2 Å². The average molecular weight is 278 g/mol. The van der Waals surface area contributed by atoms with Gasteiger partial charge in [0.05, 0.1) is 0 Å². The zero-order valence-electron chi connectivity index (χ0n) is 12.1. The molecular formula is C16H23FN2O. The van der Waals surface area contributed by atoms with E-state index in [0.29, 0.717) is 25.4 Å². The number of nitrogens with one attached hydrogen (secondary N) is 1. The van der Waals surface area contributed by atoms with Crippen LogP contribution in [0, 0.1) is 5.82 Å². The number of halogens is 1. The molecule has 1 N–H and O–H groups in total. The molecule has 4 heteroatoms. The molecule has 0 aromatic heterocycles. The number of benzene rings is 1. The van der Waals surface area contributed by atoms with Crippen LogP contribution in [0.15, 0.2) is 24.3 Å². The summed E-state index contributed by atoms with van der Waals surface area (Å²) in [6.45, 7) is 5.13. The fourth-order valence-corrected chi connectivity index (χ4v) is 2.61. The molecule has 1 unspecified atom stereocenters. The van der Waals surface area contributed by atoms with Crippen LogP contribution in [0.5, 0.6) is 0 Å². The van der Waals surface area contributed by atoms with Gasteiger partial charge in [-0.05, 0) is 57.0 Å². The molecule has 0 aliphatic carbocycles. The number of carbonyl (C=O) groups excluding carboxylic acids is 1. The van der Waals surface area contributed by atoms with E-state index < -0.39 is 0 Å². The SMILES string of the molecule is CC(CNC(=O)CCc1cccc(F)c1)N1CCCC1. The summed E-state index contributed by atoms with van der Waals surface area (Å²) in [4.78, 5) is 14.2. The lowest BCUT2D eigenvalue weighted by Crippen LogP contribution is -2.40. The second-order valence-corrected chi connectivity index (χ2v) is 5.53. The van der Waals surface area contributed by atoms with Gasteiger partial charge in [0.15, 0.2) is 0 Å². The highest BCUT2D eigenvalue weighted by Crippen LogP contribution is 2.11. The smallest absolute Gasteiger partial charge is 0.220 e. The largest absolute Gasteiger partial charge is 0.355 e. The quantitative estimate of drug-likeness (QED) is 0.866. The average Bonchev–Trinajstić information content (AvgIpc) is 2.97. The summed E-state index contributed by atoms with van der Waals surface area (Å²) in [5.74, 6) is -0.203. The van der Waals surface area contributed by atoms with E-state index in [0.717, 1.165) is 18.7 Å². The Morgan fingerprint density at radius 2 is 2.15 bits per heavy atom. The number of carbonyl (C=O) groups is 1. The number of nitrogens with zero attached hydrogens (tertiary/aromatic N) is 1. The fraction of sp³-hybridized carbons (Fsp3) is 0.562. The molecule has 0 spiro atoms. The molecule has 0 radical (unpaired) electrons. The zero-order chi connectivity index (χ0) is 14.4. The van der Waals surface area contributed by atoms with Crippen LogP contribution in [0.3, 0.4) is 0 Å². The lowest BCUT2D eigenvalue weighted by Gasteiger charge is -2.23. The van der Waals surface area contributed by atoms with Crippen molar-refractivity contribution in [3.63, 3.8) is 0 Å². The van der Waals surface area contributed by atoms with Gasteiger partial charge in [-0.1, -0.05) is 12.1 Å². The summed E-state index contributed by atoms with van der Waals surface area (Å²) in [5.41, 5.74) is 0.868. The molecule has 20 heavy (non-hydrogen) atoms. The Labute approximate surface area is 120 Å². The number of aryl methyl sites for hydroxylation is 1. The first-order chi connectivity index (χ1) is 9.65. The van der Waals surface area contributed by atoms with Crippen LogP contribution in [0.2, 0.25) is 0 Å². The van der Waals surface area contributed by atoms with Gasteiger partial charge in [-0.15, -0.1) is 0 Å². The van der Waals surface area contributed by atoms with E-state index >= 15 is 0 Å². The molecule has 110 valence electrons. The lowest BCUT2D eigenvalue weighted by molar-refractivity contribution is -0.121. The summed E-state index contributed by atoms with van der Waals surface area (Å²) in [6.07, 6.45) is 3.52. The Hall–Kier alpha value is -1.42. The molecule has 1 aromatic carbocycles. The molecule has 1 saturated heterocycles. The summed E-state index contributed by atoms with van der Waals surface area (Å²) in [5, 5.41) is 2.97. The maximum Gasteiger partial charge on any atom is 0.220 e. The zero-order valence-corrected chi connectivity index (χ0v) is 12.1. The van der Waals surface area contributed by atoms with Gasteiger partial charge in [-0.3, -0.25) is 9.69 Å². The highest BCUT2D eigenvalue weighted by Gasteiger charge is 2.18. The normalized spacial score (nSPS) is 17.1. The molecule has 1 aliphatic rings. The molecule has 1 heterocycles. The van der Waals surface area contributed by atoms with Gasteiger partial charge < -0.3 is 5.32 Å². The minimum Gasteiger partial charge on any atom is -0.355 e. The number of rotatable bonds is 6. The Morgan fingerprint density at radius 3 is 2.85 bits per heavy atom. The second kappa shape index (κ2) is 7.39. The first kappa shape index (κ1) is 15.0. The third kappa shape index (κ3) is 4.60. The second-order valence-electron chi connectivity index (χ2n) is 5.53. The van der Waals surface area contributed by atoms with Crippen molar-refractivity contribution >= 4 is 5.91 Å². The molecule has 2 rings (SSSR count). The van der Waals surface area contributed by atoms with Crippen LogP contribution in [0.4, 0.5) is 4.39 Å². The standard InChI is InChI=1S/C16H23FN2O/c1-13(19-9-2-3-10-19)12-18-16(20)8-7-14-5-4-6-15(17)11-14/h4-6,11,13H,2-3,7-10,12H2,1H3,(H,18,20). The predicted octanol–water partition coefficient (Wildman–Crippen LogP) is 2.36. The molecule has 0 bridgehead atoms. The molecule has 1 atom stereocenters. The van der Waals surface area contributed by atoms with E-state index in [-0.39, 0.29) is 11.7 Å². The van der Waals surface area contributed by atoms with E-state index in [9.17, 15) is 9.18 Å². The van der Waals surface area contributed by atoms with E-state index in [1.54, 1.807) is 6.07 Å². The number of likely N-dealkylation sites (tertiary alicyclic amines) is 1. The Bertz CT molecular complexity index is 444. The van der Waals surface area contributed by atoms with Gasteiger partial charge in [0.1, 0.15) is 5.82 Å².